The summed E-state index contributed by atoms with van der Waals surface area (Å²) in [6, 6.07) is 15.1. The third kappa shape index (κ3) is 5.81. The average molecular weight is 322 g/mol. The van der Waals surface area contributed by atoms with E-state index in [-0.39, 0.29) is 2.85 Å². The number of rotatable bonds is 6. The van der Waals surface area contributed by atoms with Gasteiger partial charge in [0.2, 0.25) is 0 Å². The highest BCUT2D eigenvalue weighted by molar-refractivity contribution is 5.57. The van der Waals surface area contributed by atoms with Gasteiger partial charge in [0.05, 0.1) is 11.6 Å². The van der Waals surface area contributed by atoms with Crippen molar-refractivity contribution in [1.82, 2.24) is 0 Å². The van der Waals surface area contributed by atoms with Crippen LogP contribution in [0.4, 0.5) is 11.4 Å². The zero-order chi connectivity index (χ0) is 17.9. The second kappa shape index (κ2) is 10.1. The van der Waals surface area contributed by atoms with E-state index in [2.05, 4.69) is 30.6 Å². The molecule has 0 bridgehead atoms. The van der Waals surface area contributed by atoms with Crippen molar-refractivity contribution in [2.45, 2.75) is 26.7 Å². The predicted molar refractivity (Wildman–Crippen MR) is 106 cm³/mol. The van der Waals surface area contributed by atoms with Gasteiger partial charge in [-0.05, 0) is 73.9 Å². The molecule has 2 aromatic rings. The number of nitriles is 1. The van der Waals surface area contributed by atoms with Gasteiger partial charge >= 0.3 is 0 Å². The fourth-order valence-corrected chi connectivity index (χ4v) is 2.10. The molecule has 0 aliphatic rings. The summed E-state index contributed by atoms with van der Waals surface area (Å²) in [7, 11) is 0. The molecule has 0 aromatic heterocycles. The van der Waals surface area contributed by atoms with Crippen LogP contribution in [-0.2, 0) is 6.42 Å². The minimum Gasteiger partial charge on any atom is -0.342 e. The molecule has 3 heteroatoms. The molecule has 0 spiro atoms. The Balaban J connectivity index is 0. The van der Waals surface area contributed by atoms with Crippen molar-refractivity contribution < 1.29 is 2.85 Å². The number of aryl methyl sites for hydroxylation is 1. The van der Waals surface area contributed by atoms with E-state index in [0.29, 0.717) is 11.4 Å². The minimum atomic E-state index is 0. The largest absolute Gasteiger partial charge is 0.342 e. The van der Waals surface area contributed by atoms with E-state index in [9.17, 15) is 0 Å². The molecule has 2 N–H and O–H groups in total. The third-order valence-corrected chi connectivity index (χ3v) is 3.22. The second-order valence-corrected chi connectivity index (χ2v) is 4.94. The first kappa shape index (κ1) is 19.3. The van der Waals surface area contributed by atoms with Gasteiger partial charge in [0.25, 0.3) is 0 Å². The molecule has 0 saturated heterocycles. The quantitative estimate of drug-likeness (QED) is 0.704. The summed E-state index contributed by atoms with van der Waals surface area (Å²) < 4.78 is 0. The standard InChI is InChI=1S/C19H18N3.C2H6.2H2/c1-4-5-17-12-19(9-6-14(17)2)22-15(3)21-18-10-7-16(13-20)8-11-18;1-2;;/h3,6-12,21-22H,1-2,4-5H2;1-2H3;2*1H. The van der Waals surface area contributed by atoms with E-state index in [1.165, 1.54) is 0 Å². The van der Waals surface area contributed by atoms with Crippen molar-refractivity contribution in [2.75, 3.05) is 10.6 Å². The first-order chi connectivity index (χ1) is 11.6. The Kier molecular flexibility index (Phi) is 8.15. The number of nitrogens with one attached hydrogen (secondary N) is 2. The van der Waals surface area contributed by atoms with Gasteiger partial charge in [-0.15, -0.1) is 0 Å². The summed E-state index contributed by atoms with van der Waals surface area (Å²) in [6.45, 7) is 17.8. The Labute approximate surface area is 149 Å². The molecule has 3 radical (unpaired) electrons. The lowest BCUT2D eigenvalue weighted by atomic mass is 10.0. The summed E-state index contributed by atoms with van der Waals surface area (Å²) in [4.78, 5) is 0. The number of benzene rings is 2. The highest BCUT2D eigenvalue weighted by Gasteiger charge is 2.02. The SMILES string of the molecule is CC.[CH]=C(Nc1ccc(C#N)cc1)Nc1ccc([CH2])c(CC[CH2])c1.[HH].[HH]. The van der Waals surface area contributed by atoms with Gasteiger partial charge in [-0.3, -0.25) is 0 Å². The van der Waals surface area contributed by atoms with Crippen LogP contribution in [0.5, 0.6) is 0 Å². The molecule has 3 nitrogen and oxygen atoms in total. The fourth-order valence-electron chi connectivity index (χ4n) is 2.10. The van der Waals surface area contributed by atoms with Crippen LogP contribution in [0.25, 0.3) is 0 Å². The van der Waals surface area contributed by atoms with E-state index in [0.717, 1.165) is 35.3 Å². The Morgan fingerprint density at radius 1 is 1.12 bits per heavy atom. The summed E-state index contributed by atoms with van der Waals surface area (Å²) >= 11 is 0. The number of hydrogen-bond donors (Lipinski definition) is 2. The van der Waals surface area contributed by atoms with Crippen molar-refractivity contribution in [3.05, 3.63) is 85.4 Å². The number of hydrogen-bond acceptors (Lipinski definition) is 3. The van der Waals surface area contributed by atoms with Gasteiger partial charge in [-0.25, -0.2) is 0 Å². The molecule has 2 aromatic carbocycles. The van der Waals surface area contributed by atoms with Crippen molar-refractivity contribution in [3.63, 3.8) is 0 Å². The van der Waals surface area contributed by atoms with Crippen molar-refractivity contribution in [2.24, 2.45) is 0 Å². The second-order valence-electron chi connectivity index (χ2n) is 4.94. The monoisotopic (exact) mass is 322 g/mol. The molecule has 0 saturated carbocycles. The average Bonchev–Trinajstić information content (AvgIpc) is 2.60. The molecule has 0 unspecified atom stereocenters. The molecule has 0 fully saturated rings. The molecule has 0 amide bonds. The summed E-state index contributed by atoms with van der Waals surface area (Å²) in [6.07, 6.45) is 1.71. The van der Waals surface area contributed by atoms with Gasteiger partial charge in [0.1, 0.15) is 5.82 Å². The summed E-state index contributed by atoms with van der Waals surface area (Å²) in [5.74, 6) is 0.419. The third-order valence-electron chi connectivity index (χ3n) is 3.22. The maximum Gasteiger partial charge on any atom is 0.108 e. The van der Waals surface area contributed by atoms with Crippen molar-refractivity contribution in [1.29, 1.82) is 5.26 Å². The summed E-state index contributed by atoms with van der Waals surface area (Å²) in [5.41, 5.74) is 4.49. The molecule has 0 aliphatic carbocycles. The van der Waals surface area contributed by atoms with Gasteiger partial charge in [0, 0.05) is 14.2 Å². The van der Waals surface area contributed by atoms with Crippen molar-refractivity contribution >= 4 is 11.4 Å². The molecule has 0 heterocycles. The van der Waals surface area contributed by atoms with E-state index < -0.39 is 0 Å². The Hall–Kier alpha value is -2.73. The molecule has 2 rings (SSSR count). The van der Waals surface area contributed by atoms with Crippen LogP contribution < -0.4 is 10.6 Å². The Morgan fingerprint density at radius 2 is 1.71 bits per heavy atom. The molecule has 0 atom stereocenters. The highest BCUT2D eigenvalue weighted by atomic mass is 15.1. The first-order valence-corrected chi connectivity index (χ1v) is 8.03. The first-order valence-electron chi connectivity index (χ1n) is 8.03. The van der Waals surface area contributed by atoms with Crippen molar-refractivity contribution in [3.8, 4) is 6.07 Å². The lowest BCUT2D eigenvalue weighted by Crippen LogP contribution is -2.08. The fraction of sp³-hybridized carbons (Fsp3) is 0.190. The van der Waals surface area contributed by atoms with Gasteiger partial charge in [-0.2, -0.15) is 5.26 Å². The molecule has 24 heavy (non-hydrogen) atoms. The van der Waals surface area contributed by atoms with E-state index >= 15 is 0 Å². The van der Waals surface area contributed by atoms with Crippen LogP contribution in [-0.4, -0.2) is 0 Å². The van der Waals surface area contributed by atoms with Crippen LogP contribution in [0.2, 0.25) is 0 Å². The lowest BCUT2D eigenvalue weighted by molar-refractivity contribution is 0.993. The molecular weight excluding hydrogens is 294 g/mol. The molecular formula is C21H28N3. The van der Waals surface area contributed by atoms with E-state index in [1.807, 2.05) is 32.0 Å². The van der Waals surface area contributed by atoms with Gasteiger partial charge in [0.15, 0.2) is 0 Å². The maximum absolute atomic E-state index is 8.78. The van der Waals surface area contributed by atoms with Crippen LogP contribution >= 0.6 is 0 Å². The van der Waals surface area contributed by atoms with Crippen LogP contribution in [0, 0.1) is 31.8 Å². The van der Waals surface area contributed by atoms with E-state index in [1.54, 1.807) is 24.3 Å². The Bertz CT molecular complexity index is 704. The lowest BCUT2D eigenvalue weighted by Gasteiger charge is -2.14. The Morgan fingerprint density at radius 3 is 2.29 bits per heavy atom. The molecule has 127 valence electrons. The van der Waals surface area contributed by atoms with Crippen LogP contribution in [0.15, 0.2) is 48.3 Å². The smallest absolute Gasteiger partial charge is 0.108 e. The van der Waals surface area contributed by atoms with Crippen LogP contribution in [0.1, 0.15) is 39.8 Å². The maximum atomic E-state index is 8.78. The zero-order valence-corrected chi connectivity index (χ0v) is 14.4. The normalized spacial score (nSPS) is 9.29. The van der Waals surface area contributed by atoms with Gasteiger partial charge in [-0.1, -0.05) is 26.8 Å². The summed E-state index contributed by atoms with van der Waals surface area (Å²) in [5, 5.41) is 14.9. The molecule has 0 aliphatic heterocycles. The zero-order valence-electron chi connectivity index (χ0n) is 14.4. The highest BCUT2D eigenvalue weighted by Crippen LogP contribution is 2.19. The number of nitrogens with zero attached hydrogens (tertiary/aromatic N) is 1. The number of anilines is 2. The van der Waals surface area contributed by atoms with Gasteiger partial charge < -0.3 is 10.6 Å². The topological polar surface area (TPSA) is 47.9 Å². The van der Waals surface area contributed by atoms with Crippen LogP contribution in [0.3, 0.4) is 0 Å². The minimum absolute atomic E-state index is 0. The van der Waals surface area contributed by atoms with E-state index in [4.69, 9.17) is 11.8 Å². The predicted octanol–water partition coefficient (Wildman–Crippen LogP) is 5.82.